The van der Waals surface area contributed by atoms with Crippen LogP contribution in [0.2, 0.25) is 0 Å². The van der Waals surface area contributed by atoms with Gasteiger partial charge in [-0.05, 0) is 26.0 Å². The van der Waals surface area contributed by atoms with E-state index < -0.39 is 0 Å². The lowest BCUT2D eigenvalue weighted by Gasteiger charge is -2.21. The molecule has 1 rings (SSSR count). The third-order valence-electron chi connectivity index (χ3n) is 2.33. The number of hydrogen-bond donors (Lipinski definition) is 0. The molecule has 0 aliphatic heterocycles. The number of likely N-dealkylation sites (N-methyl/N-ethyl adjacent to an activating group) is 1. The first-order chi connectivity index (χ1) is 7.50. The van der Waals surface area contributed by atoms with Gasteiger partial charge in [0.05, 0.1) is 0 Å². The van der Waals surface area contributed by atoms with E-state index in [1.165, 1.54) is 12.1 Å². The average Bonchev–Trinajstić information content (AvgIpc) is 2.24. The van der Waals surface area contributed by atoms with Crippen molar-refractivity contribution in [3.05, 3.63) is 30.1 Å². The van der Waals surface area contributed by atoms with Crippen molar-refractivity contribution in [1.29, 1.82) is 0 Å². The third kappa shape index (κ3) is 3.53. The number of rotatable bonds is 4. The molecule has 0 radical (unpaired) electrons. The predicted octanol–water partition coefficient (Wildman–Crippen LogP) is 2.07. The molecule has 1 aromatic rings. The summed E-state index contributed by atoms with van der Waals surface area (Å²) in [4.78, 5) is 13.1. The van der Waals surface area contributed by atoms with Crippen LogP contribution in [0.25, 0.3) is 0 Å². The van der Waals surface area contributed by atoms with Crippen LogP contribution in [0.3, 0.4) is 0 Å². The summed E-state index contributed by atoms with van der Waals surface area (Å²) in [6, 6.07) is 5.87. The number of ether oxygens (including phenoxy) is 1. The zero-order valence-corrected chi connectivity index (χ0v) is 9.74. The second kappa shape index (κ2) is 5.49. The number of nitrogens with zero attached hydrogens (tertiary/aromatic N) is 1. The Balaban J connectivity index is 2.49. The lowest BCUT2D eigenvalue weighted by Crippen LogP contribution is -2.36. The molecule has 0 saturated heterocycles. The quantitative estimate of drug-likeness (QED) is 0.785. The second-order valence-electron chi connectivity index (χ2n) is 3.84. The Morgan fingerprint density at radius 1 is 1.50 bits per heavy atom. The van der Waals surface area contributed by atoms with Crippen LogP contribution in [0.1, 0.15) is 13.8 Å². The first kappa shape index (κ1) is 12.5. The molecule has 0 saturated carbocycles. The van der Waals surface area contributed by atoms with Gasteiger partial charge >= 0.3 is 0 Å². The Kier molecular flexibility index (Phi) is 4.28. The van der Waals surface area contributed by atoms with Crippen molar-refractivity contribution < 1.29 is 13.9 Å². The van der Waals surface area contributed by atoms with Crippen LogP contribution in [-0.4, -0.2) is 30.5 Å². The van der Waals surface area contributed by atoms with Gasteiger partial charge in [0, 0.05) is 19.2 Å². The first-order valence-electron chi connectivity index (χ1n) is 5.14. The van der Waals surface area contributed by atoms with E-state index in [0.29, 0.717) is 5.75 Å². The molecule has 88 valence electrons. The minimum absolute atomic E-state index is 0.0713. The van der Waals surface area contributed by atoms with Gasteiger partial charge in [-0.2, -0.15) is 0 Å². The van der Waals surface area contributed by atoms with Crippen LogP contribution in [0.15, 0.2) is 24.3 Å². The van der Waals surface area contributed by atoms with Crippen LogP contribution in [0.5, 0.6) is 5.75 Å². The van der Waals surface area contributed by atoms with Crippen molar-refractivity contribution in [2.24, 2.45) is 0 Å². The van der Waals surface area contributed by atoms with Gasteiger partial charge < -0.3 is 9.64 Å². The lowest BCUT2D eigenvalue weighted by molar-refractivity contribution is -0.133. The second-order valence-corrected chi connectivity index (χ2v) is 3.84. The summed E-state index contributed by atoms with van der Waals surface area (Å²) in [6.07, 6.45) is 0. The van der Waals surface area contributed by atoms with Crippen LogP contribution in [0, 0.1) is 5.82 Å². The zero-order valence-electron chi connectivity index (χ0n) is 9.74. The lowest BCUT2D eigenvalue weighted by atomic mass is 10.3. The molecule has 0 unspecified atom stereocenters. The van der Waals surface area contributed by atoms with Gasteiger partial charge in [-0.25, -0.2) is 4.39 Å². The molecule has 0 aromatic heterocycles. The molecular formula is C12H16FNO2. The fraction of sp³-hybridized carbons (Fsp3) is 0.417. The summed E-state index contributed by atoms with van der Waals surface area (Å²) < 4.78 is 18.0. The Hall–Kier alpha value is -1.58. The van der Waals surface area contributed by atoms with E-state index in [-0.39, 0.29) is 24.4 Å². The number of carbonyl (C=O) groups is 1. The van der Waals surface area contributed by atoms with Gasteiger partial charge in [-0.3, -0.25) is 4.79 Å². The summed E-state index contributed by atoms with van der Waals surface area (Å²) in [5.74, 6) is -0.132. The topological polar surface area (TPSA) is 29.5 Å². The van der Waals surface area contributed by atoms with E-state index in [1.807, 2.05) is 13.8 Å². The van der Waals surface area contributed by atoms with E-state index >= 15 is 0 Å². The van der Waals surface area contributed by atoms with Crippen LogP contribution < -0.4 is 4.74 Å². The molecule has 0 N–H and O–H groups in total. The molecule has 0 atom stereocenters. The smallest absolute Gasteiger partial charge is 0.260 e. The largest absolute Gasteiger partial charge is 0.484 e. The number of amides is 1. The predicted molar refractivity (Wildman–Crippen MR) is 59.8 cm³/mol. The molecule has 0 fully saturated rings. The van der Waals surface area contributed by atoms with Crippen molar-refractivity contribution >= 4 is 5.91 Å². The highest BCUT2D eigenvalue weighted by Crippen LogP contribution is 2.11. The van der Waals surface area contributed by atoms with Gasteiger partial charge in [0.2, 0.25) is 0 Å². The maximum atomic E-state index is 12.8. The van der Waals surface area contributed by atoms with E-state index in [1.54, 1.807) is 24.1 Å². The normalized spacial score (nSPS) is 10.3. The summed E-state index contributed by atoms with van der Waals surface area (Å²) in [5.41, 5.74) is 0. The van der Waals surface area contributed by atoms with Crippen LogP contribution in [-0.2, 0) is 4.79 Å². The Morgan fingerprint density at radius 3 is 2.75 bits per heavy atom. The highest BCUT2D eigenvalue weighted by atomic mass is 19.1. The third-order valence-corrected chi connectivity index (χ3v) is 2.33. The van der Waals surface area contributed by atoms with Crippen molar-refractivity contribution in [2.45, 2.75) is 19.9 Å². The highest BCUT2D eigenvalue weighted by Gasteiger charge is 2.12. The van der Waals surface area contributed by atoms with Gasteiger partial charge in [0.1, 0.15) is 11.6 Å². The highest BCUT2D eigenvalue weighted by molar-refractivity contribution is 5.77. The van der Waals surface area contributed by atoms with Gasteiger partial charge in [0.15, 0.2) is 6.61 Å². The fourth-order valence-corrected chi connectivity index (χ4v) is 1.09. The van der Waals surface area contributed by atoms with Crippen LogP contribution in [0.4, 0.5) is 4.39 Å². The van der Waals surface area contributed by atoms with E-state index in [4.69, 9.17) is 4.74 Å². The summed E-state index contributed by atoms with van der Waals surface area (Å²) in [7, 11) is 1.71. The van der Waals surface area contributed by atoms with Crippen molar-refractivity contribution in [3.63, 3.8) is 0 Å². The van der Waals surface area contributed by atoms with Crippen molar-refractivity contribution in [2.75, 3.05) is 13.7 Å². The fourth-order valence-electron chi connectivity index (χ4n) is 1.09. The summed E-state index contributed by atoms with van der Waals surface area (Å²) in [6.45, 7) is 3.76. The maximum Gasteiger partial charge on any atom is 0.260 e. The molecule has 3 nitrogen and oxygen atoms in total. The van der Waals surface area contributed by atoms with Gasteiger partial charge in [-0.15, -0.1) is 0 Å². The minimum Gasteiger partial charge on any atom is -0.484 e. The first-order valence-corrected chi connectivity index (χ1v) is 5.14. The van der Waals surface area contributed by atoms with Crippen molar-refractivity contribution in [3.8, 4) is 5.75 Å². The average molecular weight is 225 g/mol. The maximum absolute atomic E-state index is 12.8. The van der Waals surface area contributed by atoms with E-state index in [2.05, 4.69) is 0 Å². The molecule has 1 amide bonds. The standard InChI is InChI=1S/C12H16FNO2/c1-9(2)14(3)12(15)8-16-11-6-4-5-10(13)7-11/h4-7,9H,8H2,1-3H3. The van der Waals surface area contributed by atoms with Crippen LogP contribution >= 0.6 is 0 Å². The van der Waals surface area contributed by atoms with E-state index in [0.717, 1.165) is 0 Å². The SMILES string of the molecule is CC(C)N(C)C(=O)COc1cccc(F)c1. The minimum atomic E-state index is -0.373. The van der Waals surface area contributed by atoms with E-state index in [9.17, 15) is 9.18 Å². The molecular weight excluding hydrogens is 209 g/mol. The Bertz CT molecular complexity index is 366. The molecule has 1 aromatic carbocycles. The monoisotopic (exact) mass is 225 g/mol. The summed E-state index contributed by atoms with van der Waals surface area (Å²) >= 11 is 0. The van der Waals surface area contributed by atoms with Gasteiger partial charge in [0.25, 0.3) is 5.91 Å². The van der Waals surface area contributed by atoms with Crippen molar-refractivity contribution in [1.82, 2.24) is 4.90 Å². The van der Waals surface area contributed by atoms with Gasteiger partial charge in [-0.1, -0.05) is 6.07 Å². The number of hydrogen-bond acceptors (Lipinski definition) is 2. The molecule has 0 bridgehead atoms. The summed E-state index contributed by atoms with van der Waals surface area (Å²) in [5, 5.41) is 0. The number of carbonyl (C=O) groups excluding carboxylic acids is 1. The molecule has 0 aliphatic rings. The number of halogens is 1. The molecule has 16 heavy (non-hydrogen) atoms. The molecule has 4 heteroatoms. The molecule has 0 spiro atoms. The zero-order chi connectivity index (χ0) is 12.1. The molecule has 0 heterocycles. The molecule has 0 aliphatic carbocycles. The number of benzene rings is 1. The Morgan fingerprint density at radius 2 is 2.19 bits per heavy atom. The Labute approximate surface area is 94.8 Å².